The molecule has 2 rings (SSSR count). The number of ether oxygens (including phenoxy) is 3. The van der Waals surface area contributed by atoms with Crippen LogP contribution in [0.15, 0.2) is 35.4 Å². The molecule has 122 valence electrons. The second-order valence-corrected chi connectivity index (χ2v) is 5.20. The Morgan fingerprint density at radius 2 is 1.65 bits per heavy atom. The monoisotopic (exact) mass is 334 g/mol. The number of aryl methyl sites for hydroxylation is 1. The van der Waals surface area contributed by atoms with E-state index in [1.165, 1.54) is 0 Å². The van der Waals surface area contributed by atoms with E-state index in [1.807, 2.05) is 37.3 Å². The van der Waals surface area contributed by atoms with Crippen molar-refractivity contribution in [2.45, 2.75) is 6.92 Å². The zero-order chi connectivity index (χ0) is 16.8. The molecular weight excluding hydrogens is 316 g/mol. The van der Waals surface area contributed by atoms with Crippen molar-refractivity contribution < 1.29 is 14.2 Å². The molecule has 0 bridgehead atoms. The van der Waals surface area contributed by atoms with Gasteiger partial charge in [0.1, 0.15) is 0 Å². The predicted octanol–water partition coefficient (Wildman–Crippen LogP) is 4.12. The van der Waals surface area contributed by atoms with E-state index in [0.717, 1.165) is 16.8 Å². The third kappa shape index (κ3) is 4.07. The lowest BCUT2D eigenvalue weighted by atomic mass is 10.2. The smallest absolute Gasteiger partial charge is 0.203 e. The Morgan fingerprint density at radius 3 is 2.17 bits per heavy atom. The summed E-state index contributed by atoms with van der Waals surface area (Å²) in [7, 11) is 4.71. The Labute approximate surface area is 140 Å². The second kappa shape index (κ2) is 7.74. The highest BCUT2D eigenvalue weighted by Crippen LogP contribution is 2.37. The Morgan fingerprint density at radius 1 is 1.00 bits per heavy atom. The zero-order valence-electron chi connectivity index (χ0n) is 13.5. The van der Waals surface area contributed by atoms with E-state index in [4.69, 9.17) is 25.8 Å². The lowest BCUT2D eigenvalue weighted by Crippen LogP contribution is -1.97. The fourth-order valence-corrected chi connectivity index (χ4v) is 2.20. The molecule has 0 fully saturated rings. The number of methoxy groups -OCH3 is 3. The lowest BCUT2D eigenvalue weighted by Gasteiger charge is -2.12. The maximum absolute atomic E-state index is 6.08. The number of halogens is 1. The quantitative estimate of drug-likeness (QED) is 0.637. The average Bonchev–Trinajstić information content (AvgIpc) is 2.57. The number of hydrogen-bond acceptors (Lipinski definition) is 5. The second-order valence-electron chi connectivity index (χ2n) is 4.79. The highest BCUT2D eigenvalue weighted by Gasteiger charge is 2.12. The number of hydrazone groups is 1. The van der Waals surface area contributed by atoms with Crippen molar-refractivity contribution in [2.75, 3.05) is 26.8 Å². The highest BCUT2D eigenvalue weighted by atomic mass is 35.5. The van der Waals surface area contributed by atoms with Crippen molar-refractivity contribution in [1.82, 2.24) is 0 Å². The van der Waals surface area contributed by atoms with Gasteiger partial charge in [-0.25, -0.2) is 0 Å². The van der Waals surface area contributed by atoms with Gasteiger partial charge in [-0.3, -0.25) is 5.43 Å². The van der Waals surface area contributed by atoms with Gasteiger partial charge in [0.25, 0.3) is 0 Å². The third-order valence-corrected chi connectivity index (χ3v) is 3.67. The molecule has 2 aromatic rings. The first-order valence-electron chi connectivity index (χ1n) is 6.94. The molecule has 0 atom stereocenters. The molecule has 0 saturated carbocycles. The summed E-state index contributed by atoms with van der Waals surface area (Å²) in [5.74, 6) is 1.70. The number of hydrogen-bond donors (Lipinski definition) is 1. The third-order valence-electron chi connectivity index (χ3n) is 3.27. The zero-order valence-corrected chi connectivity index (χ0v) is 14.3. The minimum absolute atomic E-state index is 0.547. The van der Waals surface area contributed by atoms with Gasteiger partial charge in [0.05, 0.1) is 33.2 Å². The molecule has 0 unspecified atom stereocenters. The van der Waals surface area contributed by atoms with Gasteiger partial charge in [-0.1, -0.05) is 17.7 Å². The summed E-state index contributed by atoms with van der Waals surface area (Å²) in [4.78, 5) is 0. The van der Waals surface area contributed by atoms with Crippen molar-refractivity contribution in [3.63, 3.8) is 0 Å². The van der Waals surface area contributed by atoms with Gasteiger partial charge in [0.2, 0.25) is 5.75 Å². The van der Waals surface area contributed by atoms with E-state index in [9.17, 15) is 0 Å². The van der Waals surface area contributed by atoms with Crippen LogP contribution in [0.3, 0.4) is 0 Å². The Bertz CT molecular complexity index is 692. The summed E-state index contributed by atoms with van der Waals surface area (Å²) in [6.07, 6.45) is 1.66. The van der Waals surface area contributed by atoms with Crippen molar-refractivity contribution in [1.29, 1.82) is 0 Å². The molecule has 5 nitrogen and oxygen atoms in total. The molecule has 0 amide bonds. The van der Waals surface area contributed by atoms with Gasteiger partial charge >= 0.3 is 0 Å². The predicted molar refractivity (Wildman–Crippen MR) is 93.5 cm³/mol. The first-order valence-corrected chi connectivity index (χ1v) is 7.32. The van der Waals surface area contributed by atoms with Gasteiger partial charge < -0.3 is 14.2 Å². The fraction of sp³-hybridized carbons (Fsp3) is 0.235. The largest absolute Gasteiger partial charge is 0.493 e. The molecule has 0 aliphatic carbocycles. The van der Waals surface area contributed by atoms with Crippen LogP contribution in [0.5, 0.6) is 17.2 Å². The fourth-order valence-electron chi connectivity index (χ4n) is 2.02. The molecule has 1 N–H and O–H groups in total. The Hall–Kier alpha value is -2.40. The number of anilines is 1. The molecule has 0 aliphatic rings. The summed E-state index contributed by atoms with van der Waals surface area (Å²) in [6.45, 7) is 1.95. The van der Waals surface area contributed by atoms with Crippen LogP contribution in [-0.2, 0) is 0 Å². The van der Waals surface area contributed by atoms with Gasteiger partial charge in [-0.15, -0.1) is 0 Å². The van der Waals surface area contributed by atoms with Crippen LogP contribution in [-0.4, -0.2) is 27.5 Å². The lowest BCUT2D eigenvalue weighted by molar-refractivity contribution is 0.324. The number of nitrogens with zero attached hydrogens (tertiary/aromatic N) is 1. The molecule has 0 spiro atoms. The van der Waals surface area contributed by atoms with Crippen LogP contribution in [0.1, 0.15) is 11.1 Å². The minimum Gasteiger partial charge on any atom is -0.493 e. The standard InChI is InChI=1S/C17H19ClN2O3/c1-11-5-6-13(9-14(11)18)20-19-10-12-7-15(21-2)17(23-4)16(8-12)22-3/h5-10,20H,1-4H3. The molecule has 0 radical (unpaired) electrons. The van der Waals surface area contributed by atoms with Crippen LogP contribution in [0.4, 0.5) is 5.69 Å². The van der Waals surface area contributed by atoms with Crippen molar-refractivity contribution in [3.05, 3.63) is 46.5 Å². The molecule has 0 aromatic heterocycles. The Kier molecular flexibility index (Phi) is 5.71. The number of rotatable bonds is 6. The molecule has 0 saturated heterocycles. The maximum Gasteiger partial charge on any atom is 0.203 e. The normalized spacial score (nSPS) is 10.7. The molecular formula is C17H19ClN2O3. The van der Waals surface area contributed by atoms with Crippen molar-refractivity contribution >= 4 is 23.5 Å². The van der Waals surface area contributed by atoms with Crippen LogP contribution in [0.25, 0.3) is 0 Å². The summed E-state index contributed by atoms with van der Waals surface area (Å²) in [6, 6.07) is 9.29. The topological polar surface area (TPSA) is 52.1 Å². The van der Waals surface area contributed by atoms with Crippen LogP contribution in [0, 0.1) is 6.92 Å². The molecule has 6 heteroatoms. The Balaban J connectivity index is 2.20. The van der Waals surface area contributed by atoms with Crippen LogP contribution in [0.2, 0.25) is 5.02 Å². The van der Waals surface area contributed by atoms with Crippen LogP contribution < -0.4 is 19.6 Å². The van der Waals surface area contributed by atoms with E-state index in [1.54, 1.807) is 27.5 Å². The molecule has 0 aliphatic heterocycles. The van der Waals surface area contributed by atoms with E-state index in [2.05, 4.69) is 10.5 Å². The number of benzene rings is 2. The van der Waals surface area contributed by atoms with E-state index in [0.29, 0.717) is 22.3 Å². The van der Waals surface area contributed by atoms with E-state index in [-0.39, 0.29) is 0 Å². The van der Waals surface area contributed by atoms with Gasteiger partial charge in [0.15, 0.2) is 11.5 Å². The molecule has 2 aromatic carbocycles. The first-order chi connectivity index (χ1) is 11.1. The highest BCUT2D eigenvalue weighted by molar-refractivity contribution is 6.31. The van der Waals surface area contributed by atoms with E-state index < -0.39 is 0 Å². The minimum atomic E-state index is 0.547. The van der Waals surface area contributed by atoms with Crippen molar-refractivity contribution in [3.8, 4) is 17.2 Å². The van der Waals surface area contributed by atoms with Crippen molar-refractivity contribution in [2.24, 2.45) is 5.10 Å². The molecule has 0 heterocycles. The average molecular weight is 335 g/mol. The maximum atomic E-state index is 6.08. The SMILES string of the molecule is COc1cc(C=NNc2ccc(C)c(Cl)c2)cc(OC)c1OC. The van der Waals surface area contributed by atoms with Crippen LogP contribution >= 0.6 is 11.6 Å². The summed E-state index contributed by atoms with van der Waals surface area (Å²) in [5.41, 5.74) is 5.58. The molecule has 23 heavy (non-hydrogen) atoms. The summed E-state index contributed by atoms with van der Waals surface area (Å²) < 4.78 is 15.9. The summed E-state index contributed by atoms with van der Waals surface area (Å²) in [5, 5.41) is 4.90. The van der Waals surface area contributed by atoms with Gasteiger partial charge in [-0.2, -0.15) is 5.10 Å². The van der Waals surface area contributed by atoms with E-state index >= 15 is 0 Å². The number of nitrogens with one attached hydrogen (secondary N) is 1. The summed E-state index contributed by atoms with van der Waals surface area (Å²) >= 11 is 6.08. The van der Waals surface area contributed by atoms with Gasteiger partial charge in [0, 0.05) is 10.6 Å². The van der Waals surface area contributed by atoms with Gasteiger partial charge in [-0.05, 0) is 36.8 Å². The first kappa shape index (κ1) is 17.0.